The van der Waals surface area contributed by atoms with Gasteiger partial charge in [0, 0.05) is 24.5 Å². The number of carbonyl (C=O) groups excluding carboxylic acids is 1. The van der Waals surface area contributed by atoms with Crippen molar-refractivity contribution in [2.24, 2.45) is 0 Å². The van der Waals surface area contributed by atoms with E-state index in [1.807, 2.05) is 34.9 Å². The minimum Gasteiger partial charge on any atom is -0.355 e. The zero-order valence-corrected chi connectivity index (χ0v) is 18.6. The average molecular weight is 434 g/mol. The lowest BCUT2D eigenvalue weighted by molar-refractivity contribution is -0.118. The van der Waals surface area contributed by atoms with Gasteiger partial charge in [-0.25, -0.2) is 0 Å². The highest BCUT2D eigenvalue weighted by Crippen LogP contribution is 2.29. The summed E-state index contributed by atoms with van der Waals surface area (Å²) in [5, 5.41) is 12.5. The molecule has 0 saturated heterocycles. The number of rotatable bonds is 8. The molecule has 1 aliphatic rings. The monoisotopic (exact) mass is 433 g/mol. The molecule has 0 bridgehead atoms. The highest BCUT2D eigenvalue weighted by Gasteiger charge is 2.18. The maximum absolute atomic E-state index is 12.4. The lowest BCUT2D eigenvalue weighted by Gasteiger charge is -2.13. The number of aryl methyl sites for hydroxylation is 1. The molecule has 1 amide bonds. The predicted molar refractivity (Wildman–Crippen MR) is 124 cm³/mol. The molecule has 0 spiro atoms. The zero-order valence-electron chi connectivity index (χ0n) is 17.8. The molecule has 0 saturated carbocycles. The van der Waals surface area contributed by atoms with Gasteiger partial charge in [-0.05, 0) is 62.8 Å². The molecule has 1 aliphatic carbocycles. The quantitative estimate of drug-likeness (QED) is 0.410. The van der Waals surface area contributed by atoms with E-state index in [1.165, 1.54) is 43.0 Å². The van der Waals surface area contributed by atoms with Crippen LogP contribution in [0.2, 0.25) is 0 Å². The molecule has 0 aliphatic heterocycles. The van der Waals surface area contributed by atoms with E-state index in [-0.39, 0.29) is 5.91 Å². The first-order valence-corrected chi connectivity index (χ1v) is 11.7. The van der Waals surface area contributed by atoms with Crippen molar-refractivity contribution in [2.45, 2.75) is 44.2 Å². The number of hydrogen-bond donors (Lipinski definition) is 1. The van der Waals surface area contributed by atoms with Gasteiger partial charge in [-0.3, -0.25) is 14.3 Å². The number of allylic oxidation sites excluding steroid dienone is 1. The molecule has 6 nitrogen and oxygen atoms in total. The van der Waals surface area contributed by atoms with Crippen molar-refractivity contribution in [1.82, 2.24) is 25.1 Å². The fourth-order valence-electron chi connectivity index (χ4n) is 3.75. The Kier molecular flexibility index (Phi) is 7.14. The van der Waals surface area contributed by atoms with Crippen LogP contribution in [-0.4, -0.2) is 38.0 Å². The number of para-hydroxylation sites is 1. The Morgan fingerprint density at radius 3 is 2.84 bits per heavy atom. The van der Waals surface area contributed by atoms with E-state index in [0.717, 1.165) is 29.1 Å². The summed E-state index contributed by atoms with van der Waals surface area (Å²) in [5.41, 5.74) is 4.47. The summed E-state index contributed by atoms with van der Waals surface area (Å²) in [4.78, 5) is 16.6. The molecule has 0 fully saturated rings. The molecule has 0 unspecified atom stereocenters. The normalized spacial score (nSPS) is 13.6. The summed E-state index contributed by atoms with van der Waals surface area (Å²) < 4.78 is 2.01. The summed E-state index contributed by atoms with van der Waals surface area (Å²) in [6.07, 6.45) is 11.7. The summed E-state index contributed by atoms with van der Waals surface area (Å²) >= 11 is 1.40. The molecule has 4 rings (SSSR count). The molecule has 31 heavy (non-hydrogen) atoms. The van der Waals surface area contributed by atoms with Crippen LogP contribution in [0.15, 0.2) is 65.6 Å². The van der Waals surface area contributed by atoms with Crippen LogP contribution in [0.3, 0.4) is 0 Å². The van der Waals surface area contributed by atoms with Gasteiger partial charge in [-0.1, -0.05) is 41.6 Å². The minimum atomic E-state index is 0.0173. The Labute approximate surface area is 187 Å². The SMILES string of the molecule is Cc1ccccc1-n1c(SCC(=O)NCCC2=CCCCC2)nnc1-c1cccnc1. The maximum atomic E-state index is 12.4. The number of aromatic nitrogens is 4. The van der Waals surface area contributed by atoms with Crippen molar-refractivity contribution in [3.05, 3.63) is 66.0 Å². The molecule has 3 aromatic rings. The van der Waals surface area contributed by atoms with Gasteiger partial charge >= 0.3 is 0 Å². The Balaban J connectivity index is 1.47. The lowest BCUT2D eigenvalue weighted by atomic mass is 9.97. The van der Waals surface area contributed by atoms with Crippen molar-refractivity contribution in [1.29, 1.82) is 0 Å². The molecule has 2 heterocycles. The van der Waals surface area contributed by atoms with Gasteiger partial charge in [-0.15, -0.1) is 10.2 Å². The molecule has 0 atom stereocenters. The number of amides is 1. The lowest BCUT2D eigenvalue weighted by Crippen LogP contribution is -2.26. The van der Waals surface area contributed by atoms with Crippen LogP contribution in [0.5, 0.6) is 0 Å². The van der Waals surface area contributed by atoms with Crippen LogP contribution in [0, 0.1) is 6.92 Å². The Bertz CT molecular complexity index is 1060. The fourth-order valence-corrected chi connectivity index (χ4v) is 4.53. The van der Waals surface area contributed by atoms with Gasteiger partial charge in [-0.2, -0.15) is 0 Å². The molecular weight excluding hydrogens is 406 g/mol. The Morgan fingerprint density at radius 1 is 1.16 bits per heavy atom. The van der Waals surface area contributed by atoms with E-state index in [2.05, 4.69) is 39.6 Å². The number of nitrogens with one attached hydrogen (secondary N) is 1. The van der Waals surface area contributed by atoms with Crippen LogP contribution in [0.1, 0.15) is 37.7 Å². The smallest absolute Gasteiger partial charge is 0.230 e. The first kappa shape index (κ1) is 21.3. The van der Waals surface area contributed by atoms with Gasteiger partial charge in [0.05, 0.1) is 11.4 Å². The van der Waals surface area contributed by atoms with Crippen molar-refractivity contribution < 1.29 is 4.79 Å². The van der Waals surface area contributed by atoms with Crippen LogP contribution >= 0.6 is 11.8 Å². The van der Waals surface area contributed by atoms with Gasteiger partial charge < -0.3 is 5.32 Å². The van der Waals surface area contributed by atoms with Crippen molar-refractivity contribution in [2.75, 3.05) is 12.3 Å². The molecule has 0 radical (unpaired) electrons. The van der Waals surface area contributed by atoms with Crippen molar-refractivity contribution in [3.63, 3.8) is 0 Å². The number of carbonyl (C=O) groups is 1. The number of nitrogens with zero attached hydrogens (tertiary/aromatic N) is 4. The topological polar surface area (TPSA) is 72.7 Å². The second kappa shape index (κ2) is 10.4. The summed E-state index contributed by atoms with van der Waals surface area (Å²) in [5.74, 6) is 1.04. The van der Waals surface area contributed by atoms with Crippen LogP contribution in [0.25, 0.3) is 17.1 Å². The van der Waals surface area contributed by atoms with E-state index in [9.17, 15) is 4.79 Å². The molecule has 160 valence electrons. The van der Waals surface area contributed by atoms with E-state index in [0.29, 0.717) is 17.5 Å². The third-order valence-corrected chi connectivity index (χ3v) is 6.32. The maximum Gasteiger partial charge on any atom is 0.230 e. The van der Waals surface area contributed by atoms with Crippen LogP contribution < -0.4 is 5.32 Å². The van der Waals surface area contributed by atoms with Crippen molar-refractivity contribution in [3.8, 4) is 17.1 Å². The third kappa shape index (κ3) is 5.41. The van der Waals surface area contributed by atoms with Crippen LogP contribution in [0.4, 0.5) is 0 Å². The average Bonchev–Trinajstić information content (AvgIpc) is 3.23. The van der Waals surface area contributed by atoms with Gasteiger partial charge in [0.2, 0.25) is 5.91 Å². The number of pyridine rings is 1. The van der Waals surface area contributed by atoms with E-state index in [4.69, 9.17) is 0 Å². The summed E-state index contributed by atoms with van der Waals surface area (Å²) in [7, 11) is 0. The Hall–Kier alpha value is -2.93. The van der Waals surface area contributed by atoms with E-state index in [1.54, 1.807) is 12.4 Å². The number of thioether (sulfide) groups is 1. The number of hydrogen-bond acceptors (Lipinski definition) is 5. The third-order valence-electron chi connectivity index (χ3n) is 5.40. The summed E-state index contributed by atoms with van der Waals surface area (Å²) in [6, 6.07) is 12.0. The minimum absolute atomic E-state index is 0.0173. The van der Waals surface area contributed by atoms with Crippen LogP contribution in [-0.2, 0) is 4.79 Å². The van der Waals surface area contributed by atoms with E-state index >= 15 is 0 Å². The van der Waals surface area contributed by atoms with Crippen molar-refractivity contribution >= 4 is 17.7 Å². The zero-order chi connectivity index (χ0) is 21.5. The second-order valence-electron chi connectivity index (χ2n) is 7.67. The standard InChI is InChI=1S/C24H27N5OS/c1-18-8-5-6-12-21(18)29-23(20-11-7-14-25-16-20)27-28-24(29)31-17-22(30)26-15-13-19-9-3-2-4-10-19/h5-9,11-12,14,16H,2-4,10,13,15,17H2,1H3,(H,26,30). The highest BCUT2D eigenvalue weighted by molar-refractivity contribution is 7.99. The molecule has 1 N–H and O–H groups in total. The van der Waals surface area contributed by atoms with Gasteiger partial charge in [0.15, 0.2) is 11.0 Å². The molecule has 7 heteroatoms. The van der Waals surface area contributed by atoms with E-state index < -0.39 is 0 Å². The fraction of sp³-hybridized carbons (Fsp3) is 0.333. The van der Waals surface area contributed by atoms with Gasteiger partial charge in [0.1, 0.15) is 0 Å². The second-order valence-corrected chi connectivity index (χ2v) is 8.61. The molecule has 2 aromatic heterocycles. The first-order chi connectivity index (χ1) is 15.2. The van der Waals surface area contributed by atoms with Gasteiger partial charge in [0.25, 0.3) is 0 Å². The largest absolute Gasteiger partial charge is 0.355 e. The molecular formula is C24H27N5OS. The predicted octanol–water partition coefficient (Wildman–Crippen LogP) is 4.74. The summed E-state index contributed by atoms with van der Waals surface area (Å²) in [6.45, 7) is 2.75. The molecule has 1 aromatic carbocycles. The highest BCUT2D eigenvalue weighted by atomic mass is 32.2. The number of benzene rings is 1. The first-order valence-electron chi connectivity index (χ1n) is 10.7. The Morgan fingerprint density at radius 2 is 2.06 bits per heavy atom.